The van der Waals surface area contributed by atoms with E-state index in [9.17, 15) is 4.79 Å². The zero-order valence-electron chi connectivity index (χ0n) is 6.47. The largest absolute Gasteiger partial charge is 0.351 e. The fourth-order valence-electron chi connectivity index (χ4n) is 0.766. The Morgan fingerprint density at radius 3 is 3.00 bits per heavy atom. The van der Waals surface area contributed by atoms with Crippen molar-refractivity contribution in [2.24, 2.45) is 5.73 Å². The molecular weight excluding hydrogens is 222 g/mol. The van der Waals surface area contributed by atoms with Crippen molar-refractivity contribution in [3.63, 3.8) is 0 Å². The highest BCUT2D eigenvalue weighted by atomic mass is 79.9. The number of hydrogen-bond acceptors (Lipinski definition) is 2. The summed E-state index contributed by atoms with van der Waals surface area (Å²) in [7, 11) is 0. The fraction of sp³-hybridized carbons (Fsp3) is 0.143. The Morgan fingerprint density at radius 1 is 1.75 bits per heavy atom. The van der Waals surface area contributed by atoms with Crippen LogP contribution in [0.4, 0.5) is 10.5 Å². The lowest BCUT2D eigenvalue weighted by Gasteiger charge is -2.04. The minimum absolute atomic E-state index is 0.573. The maximum absolute atomic E-state index is 10.5. The standard InChI is InChI=1S/C7H8BrN3O/c1-4-3-10-6(8)2-5(4)11-7(9)12/h2-3H,1H3,(H3,9,10,11,12). The number of aryl methyl sites for hydroxylation is 1. The predicted octanol–water partition coefficient (Wildman–Crippen LogP) is 1.64. The van der Waals surface area contributed by atoms with Crippen LogP contribution >= 0.6 is 15.9 Å². The Kier molecular flexibility index (Phi) is 2.65. The van der Waals surface area contributed by atoms with Crippen LogP contribution in [0.25, 0.3) is 0 Å². The quantitative estimate of drug-likeness (QED) is 0.720. The van der Waals surface area contributed by atoms with E-state index >= 15 is 0 Å². The van der Waals surface area contributed by atoms with Crippen LogP contribution < -0.4 is 11.1 Å². The first-order valence-corrected chi connectivity index (χ1v) is 4.07. The molecule has 1 aromatic rings. The van der Waals surface area contributed by atoms with Crippen molar-refractivity contribution in [3.8, 4) is 0 Å². The molecule has 1 aromatic heterocycles. The number of anilines is 1. The maximum Gasteiger partial charge on any atom is 0.316 e. The molecule has 0 radical (unpaired) electrons. The van der Waals surface area contributed by atoms with Gasteiger partial charge in [0.15, 0.2) is 0 Å². The van der Waals surface area contributed by atoms with Gasteiger partial charge in [-0.15, -0.1) is 0 Å². The molecule has 3 N–H and O–H groups in total. The van der Waals surface area contributed by atoms with Crippen LogP contribution in [-0.4, -0.2) is 11.0 Å². The number of nitrogens with one attached hydrogen (secondary N) is 1. The molecule has 5 heteroatoms. The molecule has 0 aliphatic carbocycles. The molecule has 12 heavy (non-hydrogen) atoms. The van der Waals surface area contributed by atoms with Crippen molar-refractivity contribution < 1.29 is 4.79 Å². The summed E-state index contributed by atoms with van der Waals surface area (Å²) in [4.78, 5) is 14.5. The molecule has 0 aromatic carbocycles. The molecular formula is C7H8BrN3O. The van der Waals surface area contributed by atoms with Crippen molar-refractivity contribution in [1.82, 2.24) is 4.98 Å². The maximum atomic E-state index is 10.5. The predicted molar refractivity (Wildman–Crippen MR) is 49.9 cm³/mol. The molecule has 0 aliphatic rings. The molecule has 1 rings (SSSR count). The molecule has 1 heterocycles. The number of nitrogens with two attached hydrogens (primary N) is 1. The van der Waals surface area contributed by atoms with Gasteiger partial charge in [0.25, 0.3) is 0 Å². The number of pyridine rings is 1. The van der Waals surface area contributed by atoms with Crippen molar-refractivity contribution in [2.75, 3.05) is 5.32 Å². The number of amides is 2. The number of aromatic nitrogens is 1. The topological polar surface area (TPSA) is 68.0 Å². The van der Waals surface area contributed by atoms with Gasteiger partial charge in [-0.1, -0.05) is 0 Å². The third-order valence-electron chi connectivity index (χ3n) is 1.33. The summed E-state index contributed by atoms with van der Waals surface area (Å²) in [5.74, 6) is 0. The number of hydrogen-bond donors (Lipinski definition) is 2. The number of carbonyl (C=O) groups is 1. The van der Waals surface area contributed by atoms with Gasteiger partial charge in [-0.3, -0.25) is 0 Å². The number of halogens is 1. The first-order valence-electron chi connectivity index (χ1n) is 3.28. The summed E-state index contributed by atoms with van der Waals surface area (Å²) in [6.45, 7) is 1.84. The van der Waals surface area contributed by atoms with Gasteiger partial charge in [0.05, 0.1) is 0 Å². The summed E-state index contributed by atoms with van der Waals surface area (Å²) < 4.78 is 0.664. The van der Waals surface area contributed by atoms with E-state index in [-0.39, 0.29) is 0 Å². The second kappa shape index (κ2) is 3.53. The van der Waals surface area contributed by atoms with Gasteiger partial charge in [0.1, 0.15) is 4.60 Å². The third-order valence-corrected chi connectivity index (χ3v) is 1.76. The molecule has 0 atom stereocenters. The minimum atomic E-state index is -0.573. The second-order valence-corrected chi connectivity index (χ2v) is 3.12. The van der Waals surface area contributed by atoms with Gasteiger partial charge in [0.2, 0.25) is 0 Å². The number of rotatable bonds is 1. The Bertz CT molecular complexity index is 314. The summed E-state index contributed by atoms with van der Waals surface area (Å²) in [5, 5.41) is 2.48. The monoisotopic (exact) mass is 229 g/mol. The number of primary amides is 1. The number of urea groups is 1. The molecule has 0 unspecified atom stereocenters. The van der Waals surface area contributed by atoms with Crippen LogP contribution in [0.1, 0.15) is 5.56 Å². The van der Waals surface area contributed by atoms with Gasteiger partial charge in [-0.05, 0) is 34.5 Å². The normalized spacial score (nSPS) is 9.50. The van der Waals surface area contributed by atoms with E-state index in [0.29, 0.717) is 10.3 Å². The highest BCUT2D eigenvalue weighted by Crippen LogP contribution is 2.17. The summed E-state index contributed by atoms with van der Waals surface area (Å²) in [6, 6.07) is 1.12. The van der Waals surface area contributed by atoms with E-state index in [1.165, 1.54) is 0 Å². The second-order valence-electron chi connectivity index (χ2n) is 2.31. The minimum Gasteiger partial charge on any atom is -0.351 e. The van der Waals surface area contributed by atoms with Gasteiger partial charge in [-0.25, -0.2) is 9.78 Å². The first-order chi connectivity index (χ1) is 5.59. The highest BCUT2D eigenvalue weighted by molar-refractivity contribution is 9.10. The van der Waals surface area contributed by atoms with Gasteiger partial charge in [0, 0.05) is 11.9 Å². The highest BCUT2D eigenvalue weighted by Gasteiger charge is 2.01. The molecule has 0 spiro atoms. The van der Waals surface area contributed by atoms with Gasteiger partial charge < -0.3 is 11.1 Å². The Balaban J connectivity index is 2.97. The van der Waals surface area contributed by atoms with Crippen LogP contribution in [0.3, 0.4) is 0 Å². The summed E-state index contributed by atoms with van der Waals surface area (Å²) in [6.07, 6.45) is 1.65. The molecule has 0 fully saturated rings. The first kappa shape index (κ1) is 8.99. The van der Waals surface area contributed by atoms with E-state index in [4.69, 9.17) is 5.73 Å². The molecule has 2 amide bonds. The molecule has 0 saturated heterocycles. The molecule has 0 aliphatic heterocycles. The van der Waals surface area contributed by atoms with Crippen molar-refractivity contribution in [2.45, 2.75) is 6.92 Å². The zero-order chi connectivity index (χ0) is 9.14. The van der Waals surface area contributed by atoms with Crippen molar-refractivity contribution in [3.05, 3.63) is 22.4 Å². The van der Waals surface area contributed by atoms with E-state index < -0.39 is 6.03 Å². The zero-order valence-corrected chi connectivity index (χ0v) is 8.05. The van der Waals surface area contributed by atoms with Gasteiger partial charge >= 0.3 is 6.03 Å². The Labute approximate surface area is 78.3 Å². The molecule has 0 saturated carbocycles. The number of carbonyl (C=O) groups excluding carboxylic acids is 1. The average molecular weight is 230 g/mol. The van der Waals surface area contributed by atoms with E-state index in [1.807, 2.05) is 6.92 Å². The fourth-order valence-corrected chi connectivity index (χ4v) is 1.10. The number of nitrogens with zero attached hydrogens (tertiary/aromatic N) is 1. The van der Waals surface area contributed by atoms with Crippen LogP contribution in [0, 0.1) is 6.92 Å². The van der Waals surface area contributed by atoms with Crippen LogP contribution in [0.15, 0.2) is 16.9 Å². The Morgan fingerprint density at radius 2 is 2.42 bits per heavy atom. The van der Waals surface area contributed by atoms with Crippen LogP contribution in [-0.2, 0) is 0 Å². The van der Waals surface area contributed by atoms with E-state index in [0.717, 1.165) is 5.56 Å². The van der Waals surface area contributed by atoms with Crippen molar-refractivity contribution in [1.29, 1.82) is 0 Å². The molecule has 0 bridgehead atoms. The lowest BCUT2D eigenvalue weighted by molar-refractivity contribution is 0.259. The lowest BCUT2D eigenvalue weighted by Crippen LogP contribution is -2.19. The van der Waals surface area contributed by atoms with Crippen LogP contribution in [0.2, 0.25) is 0 Å². The average Bonchev–Trinajstić information content (AvgIpc) is 1.96. The molecule has 4 nitrogen and oxygen atoms in total. The SMILES string of the molecule is Cc1cnc(Br)cc1NC(N)=O. The Hall–Kier alpha value is -1.10. The van der Waals surface area contributed by atoms with Crippen LogP contribution in [0.5, 0.6) is 0 Å². The van der Waals surface area contributed by atoms with E-state index in [2.05, 4.69) is 26.2 Å². The smallest absolute Gasteiger partial charge is 0.316 e. The summed E-state index contributed by atoms with van der Waals surface area (Å²) >= 11 is 3.18. The van der Waals surface area contributed by atoms with Gasteiger partial charge in [-0.2, -0.15) is 0 Å². The van der Waals surface area contributed by atoms with Crippen molar-refractivity contribution >= 4 is 27.6 Å². The van der Waals surface area contributed by atoms with E-state index in [1.54, 1.807) is 12.3 Å². The summed E-state index contributed by atoms with van der Waals surface area (Å²) in [5.41, 5.74) is 6.50. The third kappa shape index (κ3) is 2.20. The molecule has 64 valence electrons. The lowest BCUT2D eigenvalue weighted by atomic mass is 10.3.